The lowest BCUT2D eigenvalue weighted by Gasteiger charge is -2.14. The summed E-state index contributed by atoms with van der Waals surface area (Å²) in [6, 6.07) is 70.5. The van der Waals surface area contributed by atoms with E-state index in [4.69, 9.17) is 0 Å². The molecule has 0 radical (unpaired) electrons. The highest BCUT2D eigenvalue weighted by molar-refractivity contribution is 6.08. The molecule has 0 N–H and O–H groups in total. The number of pyridine rings is 2. The van der Waals surface area contributed by atoms with Gasteiger partial charge in [0, 0.05) is 35.9 Å². The van der Waals surface area contributed by atoms with Gasteiger partial charge in [-0.25, -0.2) is 0 Å². The Bertz CT molecular complexity index is 2880. The fourth-order valence-corrected chi connectivity index (χ4v) is 7.89. The lowest BCUT2D eigenvalue weighted by molar-refractivity contribution is 1.33. The number of nitrogens with zero attached hydrogens (tertiary/aromatic N) is 2. The van der Waals surface area contributed by atoms with Crippen molar-refractivity contribution < 1.29 is 0 Å². The average Bonchev–Trinajstić information content (AvgIpc) is 3.29. The van der Waals surface area contributed by atoms with E-state index in [-0.39, 0.29) is 0 Å². The van der Waals surface area contributed by atoms with Crippen LogP contribution in [-0.2, 0) is 0 Å². The van der Waals surface area contributed by atoms with Crippen LogP contribution in [0, 0.1) is 0 Å². The minimum absolute atomic E-state index is 1.11. The van der Waals surface area contributed by atoms with Crippen LogP contribution in [-0.4, -0.2) is 9.97 Å². The third-order valence-corrected chi connectivity index (χ3v) is 10.8. The SMILES string of the molecule is c1cncc(-c2cccc(-c3cccc(-c4cc(-c5cccc(-c6cccc(-c7cccnc7)c6)c5)cc(-c5ccc6ccc7ccccc7c6c5)c4)c3)c2)c1. The molecule has 0 aliphatic carbocycles. The number of benzene rings is 8. The van der Waals surface area contributed by atoms with Crippen molar-refractivity contribution in [2.24, 2.45) is 0 Å². The molecule has 0 amide bonds. The Morgan fingerprint density at radius 3 is 1.00 bits per heavy atom. The van der Waals surface area contributed by atoms with Gasteiger partial charge in [0.25, 0.3) is 0 Å². The molecule has 2 heteroatoms. The molecule has 0 saturated heterocycles. The largest absolute Gasteiger partial charge is 0.264 e. The molecule has 0 bridgehead atoms. The first-order valence-corrected chi connectivity index (χ1v) is 19.0. The molecule has 10 aromatic rings. The maximum atomic E-state index is 4.35. The first-order valence-electron chi connectivity index (χ1n) is 19.0. The maximum absolute atomic E-state index is 4.35. The van der Waals surface area contributed by atoms with E-state index in [0.29, 0.717) is 0 Å². The summed E-state index contributed by atoms with van der Waals surface area (Å²) in [4.78, 5) is 8.70. The number of fused-ring (bicyclic) bond motifs is 3. The summed E-state index contributed by atoms with van der Waals surface area (Å²) in [5.41, 5.74) is 16.3. The van der Waals surface area contributed by atoms with Crippen molar-refractivity contribution in [3.05, 3.63) is 219 Å². The van der Waals surface area contributed by atoms with E-state index in [0.717, 1.165) is 22.3 Å². The van der Waals surface area contributed by atoms with E-state index >= 15 is 0 Å². The zero-order valence-corrected chi connectivity index (χ0v) is 30.7. The Morgan fingerprint density at radius 1 is 0.214 bits per heavy atom. The van der Waals surface area contributed by atoms with Gasteiger partial charge in [0.05, 0.1) is 0 Å². The molecular formula is C54H36N2. The Balaban J connectivity index is 1.11. The van der Waals surface area contributed by atoms with Crippen LogP contribution >= 0.6 is 0 Å². The molecule has 262 valence electrons. The Kier molecular flexibility index (Phi) is 8.55. The summed E-state index contributed by atoms with van der Waals surface area (Å²) < 4.78 is 0. The van der Waals surface area contributed by atoms with Crippen LogP contribution in [0.1, 0.15) is 0 Å². The summed E-state index contributed by atoms with van der Waals surface area (Å²) >= 11 is 0. The van der Waals surface area contributed by atoms with E-state index < -0.39 is 0 Å². The molecule has 0 aliphatic rings. The van der Waals surface area contributed by atoms with E-state index in [9.17, 15) is 0 Å². The van der Waals surface area contributed by atoms with Gasteiger partial charge in [-0.15, -0.1) is 0 Å². The van der Waals surface area contributed by atoms with E-state index in [1.54, 1.807) is 0 Å². The summed E-state index contributed by atoms with van der Waals surface area (Å²) in [6.07, 6.45) is 7.48. The maximum Gasteiger partial charge on any atom is 0.0346 e. The Hall–Kier alpha value is -7.42. The summed E-state index contributed by atoms with van der Waals surface area (Å²) in [7, 11) is 0. The third kappa shape index (κ3) is 6.55. The molecule has 0 fully saturated rings. The number of hydrogen-bond donors (Lipinski definition) is 0. The van der Waals surface area contributed by atoms with Gasteiger partial charge in [-0.05, 0) is 149 Å². The molecule has 0 spiro atoms. The van der Waals surface area contributed by atoms with E-state index in [2.05, 4.69) is 192 Å². The molecule has 2 aromatic heterocycles. The molecule has 2 nitrogen and oxygen atoms in total. The van der Waals surface area contributed by atoms with Crippen molar-refractivity contribution >= 4 is 21.5 Å². The van der Waals surface area contributed by atoms with Crippen LogP contribution in [0.25, 0.3) is 99.4 Å². The topological polar surface area (TPSA) is 25.8 Å². The summed E-state index contributed by atoms with van der Waals surface area (Å²) in [6.45, 7) is 0. The van der Waals surface area contributed by atoms with Gasteiger partial charge in [0.1, 0.15) is 0 Å². The fraction of sp³-hybridized carbons (Fsp3) is 0. The summed E-state index contributed by atoms with van der Waals surface area (Å²) in [5, 5.41) is 5.02. The smallest absolute Gasteiger partial charge is 0.0346 e. The van der Waals surface area contributed by atoms with Crippen LogP contribution in [0.5, 0.6) is 0 Å². The summed E-state index contributed by atoms with van der Waals surface area (Å²) in [5.74, 6) is 0. The Labute approximate surface area is 327 Å². The average molecular weight is 713 g/mol. The zero-order chi connectivity index (χ0) is 37.3. The van der Waals surface area contributed by atoms with Gasteiger partial charge in [0.15, 0.2) is 0 Å². The van der Waals surface area contributed by atoms with E-state index in [1.807, 2.05) is 36.9 Å². The van der Waals surface area contributed by atoms with Gasteiger partial charge < -0.3 is 0 Å². The zero-order valence-electron chi connectivity index (χ0n) is 30.7. The highest BCUT2D eigenvalue weighted by Crippen LogP contribution is 2.38. The molecular weight excluding hydrogens is 677 g/mol. The van der Waals surface area contributed by atoms with Crippen LogP contribution in [0.15, 0.2) is 219 Å². The highest BCUT2D eigenvalue weighted by Gasteiger charge is 2.12. The molecule has 56 heavy (non-hydrogen) atoms. The van der Waals surface area contributed by atoms with Crippen LogP contribution < -0.4 is 0 Å². The molecule has 10 rings (SSSR count). The van der Waals surface area contributed by atoms with Crippen LogP contribution in [0.4, 0.5) is 0 Å². The minimum atomic E-state index is 1.11. The normalized spacial score (nSPS) is 11.2. The van der Waals surface area contributed by atoms with Gasteiger partial charge in [-0.3, -0.25) is 9.97 Å². The van der Waals surface area contributed by atoms with Crippen molar-refractivity contribution in [1.82, 2.24) is 9.97 Å². The van der Waals surface area contributed by atoms with Gasteiger partial charge in [-0.1, -0.05) is 133 Å². The van der Waals surface area contributed by atoms with Crippen molar-refractivity contribution in [3.63, 3.8) is 0 Å². The van der Waals surface area contributed by atoms with Gasteiger partial charge in [-0.2, -0.15) is 0 Å². The second-order valence-electron chi connectivity index (χ2n) is 14.3. The second kappa shape index (κ2) is 14.4. The van der Waals surface area contributed by atoms with E-state index in [1.165, 1.54) is 77.2 Å². The Morgan fingerprint density at radius 2 is 0.554 bits per heavy atom. The number of rotatable bonds is 7. The number of aromatic nitrogens is 2. The predicted molar refractivity (Wildman–Crippen MR) is 235 cm³/mol. The fourth-order valence-electron chi connectivity index (χ4n) is 7.89. The lowest BCUT2D eigenvalue weighted by atomic mass is 9.90. The van der Waals surface area contributed by atoms with Gasteiger partial charge >= 0.3 is 0 Å². The predicted octanol–water partition coefficient (Wildman–Crippen LogP) is 14.5. The quantitative estimate of drug-likeness (QED) is 0.154. The van der Waals surface area contributed by atoms with Crippen molar-refractivity contribution in [1.29, 1.82) is 0 Å². The first kappa shape index (κ1) is 33.2. The minimum Gasteiger partial charge on any atom is -0.264 e. The number of hydrogen-bond acceptors (Lipinski definition) is 2. The second-order valence-corrected chi connectivity index (χ2v) is 14.3. The first-order chi connectivity index (χ1) is 27.7. The van der Waals surface area contributed by atoms with Crippen molar-refractivity contribution in [2.45, 2.75) is 0 Å². The van der Waals surface area contributed by atoms with Crippen LogP contribution in [0.3, 0.4) is 0 Å². The van der Waals surface area contributed by atoms with Gasteiger partial charge in [0.2, 0.25) is 0 Å². The lowest BCUT2D eigenvalue weighted by Crippen LogP contribution is -1.89. The van der Waals surface area contributed by atoms with Crippen molar-refractivity contribution in [3.8, 4) is 77.9 Å². The third-order valence-electron chi connectivity index (χ3n) is 10.8. The molecule has 2 heterocycles. The standard InChI is InChI=1S/C54H36N2/c1-2-20-53-37(9-1)21-22-38-23-24-47(34-54(38)53)52-32-50(45-16-5-12-41(29-45)39-10-3-14-43(27-39)48-18-7-25-55-35-48)31-51(33-52)46-17-6-13-42(30-46)40-11-4-15-44(28-40)49-19-8-26-56-36-49/h1-36H. The molecule has 0 atom stereocenters. The monoisotopic (exact) mass is 712 g/mol. The molecule has 0 aliphatic heterocycles. The van der Waals surface area contributed by atoms with Crippen LogP contribution in [0.2, 0.25) is 0 Å². The molecule has 8 aromatic carbocycles. The molecule has 0 unspecified atom stereocenters. The van der Waals surface area contributed by atoms with Crippen molar-refractivity contribution in [2.75, 3.05) is 0 Å². The highest BCUT2D eigenvalue weighted by atomic mass is 14.6. The molecule has 0 saturated carbocycles.